The Labute approximate surface area is 119 Å². The molecule has 1 nitrogen and oxygen atoms in total. The van der Waals surface area contributed by atoms with Gasteiger partial charge in [-0.1, -0.05) is 37.0 Å². The van der Waals surface area contributed by atoms with Crippen LogP contribution in [0.15, 0.2) is 12.1 Å². The van der Waals surface area contributed by atoms with Crippen LogP contribution < -0.4 is 4.74 Å². The van der Waals surface area contributed by atoms with Crippen molar-refractivity contribution < 1.29 is 4.74 Å². The number of hydrogen-bond donors (Lipinski definition) is 1. The van der Waals surface area contributed by atoms with Crippen LogP contribution in [0.25, 0.3) is 0 Å². The monoisotopic (exact) mass is 292 g/mol. The second-order valence-corrected chi connectivity index (χ2v) is 5.36. The van der Waals surface area contributed by atoms with Crippen molar-refractivity contribution in [1.29, 1.82) is 0 Å². The van der Waals surface area contributed by atoms with Crippen LogP contribution in [0.4, 0.5) is 0 Å². The van der Waals surface area contributed by atoms with E-state index in [4.69, 9.17) is 27.9 Å². The van der Waals surface area contributed by atoms with Gasteiger partial charge in [-0.3, -0.25) is 0 Å². The van der Waals surface area contributed by atoms with Crippen LogP contribution in [0, 0.1) is 0 Å². The molecule has 0 N–H and O–H groups in total. The number of rotatable bonds is 6. The normalized spacial score (nSPS) is 12.5. The van der Waals surface area contributed by atoms with E-state index >= 15 is 0 Å². The fraction of sp³-hybridized carbons (Fsp3) is 0.538. The SMILES string of the molecule is CCCOc1c(Cl)cc(Cl)cc1C(C)CCS. The van der Waals surface area contributed by atoms with Gasteiger partial charge in [0.15, 0.2) is 0 Å². The van der Waals surface area contributed by atoms with Crippen molar-refractivity contribution in [2.75, 3.05) is 12.4 Å². The number of halogens is 2. The first kappa shape index (κ1) is 15.0. The Morgan fingerprint density at radius 1 is 1.35 bits per heavy atom. The third-order valence-electron chi connectivity index (χ3n) is 2.58. The Morgan fingerprint density at radius 2 is 2.06 bits per heavy atom. The third kappa shape index (κ3) is 4.27. The van der Waals surface area contributed by atoms with Crippen LogP contribution in [-0.4, -0.2) is 12.4 Å². The summed E-state index contributed by atoms with van der Waals surface area (Å²) in [7, 11) is 0. The van der Waals surface area contributed by atoms with Crippen LogP contribution in [0.3, 0.4) is 0 Å². The summed E-state index contributed by atoms with van der Waals surface area (Å²) in [6, 6.07) is 3.66. The second-order valence-electron chi connectivity index (χ2n) is 4.07. The van der Waals surface area contributed by atoms with E-state index in [0.29, 0.717) is 22.6 Å². The molecule has 0 bridgehead atoms. The highest BCUT2D eigenvalue weighted by atomic mass is 35.5. The van der Waals surface area contributed by atoms with Crippen molar-refractivity contribution >= 4 is 35.8 Å². The van der Waals surface area contributed by atoms with Crippen molar-refractivity contribution in [2.45, 2.75) is 32.6 Å². The zero-order valence-corrected chi connectivity index (χ0v) is 12.6. The molecule has 1 unspecified atom stereocenters. The summed E-state index contributed by atoms with van der Waals surface area (Å²) in [6.45, 7) is 4.87. The standard InChI is InChI=1S/C13H18Cl2OS/c1-3-5-16-13-11(9(2)4-6-17)7-10(14)8-12(13)15/h7-9,17H,3-6H2,1-2H3. The van der Waals surface area contributed by atoms with E-state index in [1.165, 1.54) is 0 Å². The molecule has 1 rings (SSSR count). The number of benzene rings is 1. The maximum absolute atomic E-state index is 6.19. The minimum atomic E-state index is 0.343. The van der Waals surface area contributed by atoms with Gasteiger partial charge in [0.05, 0.1) is 11.6 Å². The lowest BCUT2D eigenvalue weighted by molar-refractivity contribution is 0.312. The Bertz CT molecular complexity index is 369. The Morgan fingerprint density at radius 3 is 2.65 bits per heavy atom. The fourth-order valence-corrected chi connectivity index (χ4v) is 2.60. The van der Waals surface area contributed by atoms with Crippen molar-refractivity contribution in [1.82, 2.24) is 0 Å². The Balaban J connectivity index is 3.05. The molecule has 0 saturated carbocycles. The van der Waals surface area contributed by atoms with Gasteiger partial charge in [-0.05, 0) is 36.6 Å². The molecule has 96 valence electrons. The number of thiol groups is 1. The third-order valence-corrected chi connectivity index (χ3v) is 3.34. The summed E-state index contributed by atoms with van der Waals surface area (Å²) in [4.78, 5) is 0. The van der Waals surface area contributed by atoms with E-state index in [2.05, 4.69) is 26.5 Å². The van der Waals surface area contributed by atoms with Gasteiger partial charge in [0, 0.05) is 10.6 Å². The maximum Gasteiger partial charge on any atom is 0.141 e. The molecule has 1 aromatic rings. The molecule has 4 heteroatoms. The first-order chi connectivity index (χ1) is 8.10. The van der Waals surface area contributed by atoms with Crippen molar-refractivity contribution in [3.05, 3.63) is 27.7 Å². The molecule has 0 aliphatic rings. The molecule has 17 heavy (non-hydrogen) atoms. The van der Waals surface area contributed by atoms with Gasteiger partial charge in [-0.15, -0.1) is 0 Å². The van der Waals surface area contributed by atoms with Gasteiger partial charge >= 0.3 is 0 Å². The summed E-state index contributed by atoms with van der Waals surface area (Å²) < 4.78 is 5.72. The molecule has 0 heterocycles. The van der Waals surface area contributed by atoms with Gasteiger partial charge in [-0.2, -0.15) is 12.6 Å². The van der Waals surface area contributed by atoms with Gasteiger partial charge in [0.25, 0.3) is 0 Å². The molecule has 0 amide bonds. The smallest absolute Gasteiger partial charge is 0.141 e. The predicted molar refractivity (Wildman–Crippen MR) is 79.1 cm³/mol. The first-order valence-electron chi connectivity index (χ1n) is 5.82. The molecule has 0 spiro atoms. The highest BCUT2D eigenvalue weighted by Crippen LogP contribution is 2.38. The van der Waals surface area contributed by atoms with Crippen molar-refractivity contribution in [3.8, 4) is 5.75 Å². The van der Waals surface area contributed by atoms with Crippen LogP contribution in [0.5, 0.6) is 5.75 Å². The van der Waals surface area contributed by atoms with Crippen molar-refractivity contribution in [3.63, 3.8) is 0 Å². The lowest BCUT2D eigenvalue weighted by Crippen LogP contribution is -2.03. The largest absolute Gasteiger partial charge is 0.492 e. The van der Waals surface area contributed by atoms with Gasteiger partial charge < -0.3 is 4.74 Å². The lowest BCUT2D eigenvalue weighted by atomic mass is 9.97. The summed E-state index contributed by atoms with van der Waals surface area (Å²) in [5, 5.41) is 1.24. The first-order valence-corrected chi connectivity index (χ1v) is 7.21. The molecule has 0 fully saturated rings. The average Bonchev–Trinajstić information content (AvgIpc) is 2.27. The maximum atomic E-state index is 6.19. The van der Waals surface area contributed by atoms with Gasteiger partial charge in [-0.25, -0.2) is 0 Å². The number of ether oxygens (including phenoxy) is 1. The van der Waals surface area contributed by atoms with E-state index in [-0.39, 0.29) is 0 Å². The summed E-state index contributed by atoms with van der Waals surface area (Å²) >= 11 is 16.5. The van der Waals surface area contributed by atoms with Crippen molar-refractivity contribution in [2.24, 2.45) is 0 Å². The molecule has 1 atom stereocenters. The highest BCUT2D eigenvalue weighted by Gasteiger charge is 2.15. The zero-order valence-electron chi connectivity index (χ0n) is 10.2. The highest BCUT2D eigenvalue weighted by molar-refractivity contribution is 7.80. The molecule has 0 aliphatic heterocycles. The van der Waals surface area contributed by atoms with Crippen LogP contribution in [-0.2, 0) is 0 Å². The molecule has 0 aromatic heterocycles. The quantitative estimate of drug-likeness (QED) is 0.709. The molecule has 0 radical (unpaired) electrons. The minimum Gasteiger partial charge on any atom is -0.492 e. The average molecular weight is 293 g/mol. The van der Waals surface area contributed by atoms with Gasteiger partial charge in [0.1, 0.15) is 5.75 Å². The fourth-order valence-electron chi connectivity index (χ4n) is 1.65. The van der Waals surface area contributed by atoms with E-state index < -0.39 is 0 Å². The molecule has 1 aromatic carbocycles. The zero-order chi connectivity index (χ0) is 12.8. The summed E-state index contributed by atoms with van der Waals surface area (Å²) in [5.74, 6) is 1.95. The molecule has 0 saturated heterocycles. The number of hydrogen-bond acceptors (Lipinski definition) is 2. The molecular weight excluding hydrogens is 275 g/mol. The van der Waals surface area contributed by atoms with Crippen LogP contribution in [0.1, 0.15) is 38.2 Å². The minimum absolute atomic E-state index is 0.343. The van der Waals surface area contributed by atoms with E-state index in [1.54, 1.807) is 6.07 Å². The van der Waals surface area contributed by atoms with Crippen LogP contribution >= 0.6 is 35.8 Å². The predicted octanol–water partition coefficient (Wildman–Crippen LogP) is 5.21. The van der Waals surface area contributed by atoms with E-state index in [9.17, 15) is 0 Å². The lowest BCUT2D eigenvalue weighted by Gasteiger charge is -2.18. The topological polar surface area (TPSA) is 9.23 Å². The summed E-state index contributed by atoms with van der Waals surface area (Å²) in [6.07, 6.45) is 1.93. The van der Waals surface area contributed by atoms with Gasteiger partial charge in [0.2, 0.25) is 0 Å². The summed E-state index contributed by atoms with van der Waals surface area (Å²) in [5.41, 5.74) is 1.07. The van der Waals surface area contributed by atoms with Crippen LogP contribution in [0.2, 0.25) is 10.0 Å². The molecule has 0 aliphatic carbocycles. The molecular formula is C13H18Cl2OS. The Kier molecular flexibility index (Phi) is 6.53. The second kappa shape index (κ2) is 7.40. The Hall–Kier alpha value is -0.0500. The van der Waals surface area contributed by atoms with E-state index in [1.807, 2.05) is 6.07 Å². The van der Waals surface area contributed by atoms with E-state index in [0.717, 1.165) is 29.9 Å².